The van der Waals surface area contributed by atoms with Crippen LogP contribution in [0.2, 0.25) is 0 Å². The molecule has 0 spiro atoms. The summed E-state index contributed by atoms with van der Waals surface area (Å²) >= 11 is 9.07. The SMILES string of the molecule is CCSc1cccc(NCC2CCCS2)c1C(N)=S. The Morgan fingerprint density at radius 1 is 1.58 bits per heavy atom. The van der Waals surface area contributed by atoms with E-state index in [-0.39, 0.29) is 0 Å². The number of benzene rings is 1. The van der Waals surface area contributed by atoms with Crippen molar-refractivity contribution in [2.45, 2.75) is 29.9 Å². The summed E-state index contributed by atoms with van der Waals surface area (Å²) in [7, 11) is 0. The monoisotopic (exact) mass is 312 g/mol. The molecule has 0 radical (unpaired) electrons. The van der Waals surface area contributed by atoms with E-state index in [9.17, 15) is 0 Å². The van der Waals surface area contributed by atoms with Gasteiger partial charge in [0, 0.05) is 27.9 Å². The smallest absolute Gasteiger partial charge is 0.107 e. The van der Waals surface area contributed by atoms with E-state index in [4.69, 9.17) is 18.0 Å². The van der Waals surface area contributed by atoms with Crippen LogP contribution in [0, 0.1) is 0 Å². The molecule has 1 heterocycles. The molecule has 2 nitrogen and oxygen atoms in total. The van der Waals surface area contributed by atoms with E-state index < -0.39 is 0 Å². The number of thiocarbonyl (C=S) groups is 1. The number of nitrogens with two attached hydrogens (primary N) is 1. The number of thioether (sulfide) groups is 2. The summed E-state index contributed by atoms with van der Waals surface area (Å²) in [6.45, 7) is 3.14. The standard InChI is InChI=1S/C14H20N2S3/c1-2-18-12-7-3-6-11(13(12)14(15)17)16-9-10-5-4-8-19-10/h3,6-7,10,16H,2,4-5,8-9H2,1H3,(H2,15,17). The third kappa shape index (κ3) is 4.04. The van der Waals surface area contributed by atoms with E-state index in [1.807, 2.05) is 0 Å². The molecule has 0 amide bonds. The van der Waals surface area contributed by atoms with Gasteiger partial charge in [0.05, 0.1) is 0 Å². The summed E-state index contributed by atoms with van der Waals surface area (Å²) in [6, 6.07) is 6.25. The van der Waals surface area contributed by atoms with Crippen LogP contribution in [-0.4, -0.2) is 28.3 Å². The molecule has 3 N–H and O–H groups in total. The average Bonchev–Trinajstić information content (AvgIpc) is 2.89. The Hall–Kier alpha value is -0.390. The molecule has 1 aliphatic heterocycles. The van der Waals surface area contributed by atoms with Gasteiger partial charge in [-0.15, -0.1) is 11.8 Å². The molecule has 1 saturated heterocycles. The predicted octanol–water partition coefficient (Wildman–Crippen LogP) is 3.74. The Bertz CT molecular complexity index is 442. The summed E-state index contributed by atoms with van der Waals surface area (Å²) in [5.74, 6) is 2.32. The highest BCUT2D eigenvalue weighted by Gasteiger charge is 2.17. The number of nitrogens with one attached hydrogen (secondary N) is 1. The second-order valence-corrected chi connectivity index (χ2v) is 7.65. The van der Waals surface area contributed by atoms with Gasteiger partial charge in [-0.3, -0.25) is 0 Å². The molecule has 0 bridgehead atoms. The Morgan fingerprint density at radius 2 is 2.42 bits per heavy atom. The second kappa shape index (κ2) is 7.41. The first kappa shape index (κ1) is 15.0. The molecule has 2 rings (SSSR count). The van der Waals surface area contributed by atoms with Gasteiger partial charge in [0.15, 0.2) is 0 Å². The van der Waals surface area contributed by atoms with Gasteiger partial charge in [0.2, 0.25) is 0 Å². The third-order valence-corrected chi connectivity index (χ3v) is 5.66. The van der Waals surface area contributed by atoms with E-state index in [0.29, 0.717) is 4.99 Å². The fourth-order valence-corrected chi connectivity index (χ4v) is 4.57. The lowest BCUT2D eigenvalue weighted by Gasteiger charge is -2.17. The van der Waals surface area contributed by atoms with Gasteiger partial charge in [0.25, 0.3) is 0 Å². The van der Waals surface area contributed by atoms with Crippen LogP contribution in [0.1, 0.15) is 25.3 Å². The van der Waals surface area contributed by atoms with Crippen molar-refractivity contribution in [1.29, 1.82) is 0 Å². The van der Waals surface area contributed by atoms with E-state index in [1.54, 1.807) is 11.8 Å². The van der Waals surface area contributed by atoms with Crippen LogP contribution in [-0.2, 0) is 0 Å². The molecular formula is C14H20N2S3. The minimum Gasteiger partial charge on any atom is -0.389 e. The van der Waals surface area contributed by atoms with Crippen LogP contribution in [0.3, 0.4) is 0 Å². The maximum atomic E-state index is 5.90. The topological polar surface area (TPSA) is 38.0 Å². The Morgan fingerprint density at radius 3 is 3.05 bits per heavy atom. The first-order chi connectivity index (χ1) is 9.22. The zero-order valence-corrected chi connectivity index (χ0v) is 13.6. The molecule has 1 aliphatic rings. The fraction of sp³-hybridized carbons (Fsp3) is 0.500. The quantitative estimate of drug-likeness (QED) is 0.618. The van der Waals surface area contributed by atoms with Gasteiger partial charge >= 0.3 is 0 Å². The highest BCUT2D eigenvalue weighted by Crippen LogP contribution is 2.30. The summed E-state index contributed by atoms with van der Waals surface area (Å²) in [5, 5.41) is 4.26. The Labute approximate surface area is 129 Å². The van der Waals surface area contributed by atoms with Crippen molar-refractivity contribution in [3.63, 3.8) is 0 Å². The van der Waals surface area contributed by atoms with Gasteiger partial charge in [-0.05, 0) is 36.5 Å². The maximum absolute atomic E-state index is 5.90. The molecular weight excluding hydrogens is 292 g/mol. The van der Waals surface area contributed by atoms with E-state index in [1.165, 1.54) is 23.5 Å². The highest BCUT2D eigenvalue weighted by atomic mass is 32.2. The first-order valence-electron chi connectivity index (χ1n) is 6.63. The minimum atomic E-state index is 0.484. The van der Waals surface area contributed by atoms with Crippen molar-refractivity contribution in [2.75, 3.05) is 23.4 Å². The normalized spacial score (nSPS) is 18.5. The number of hydrogen-bond acceptors (Lipinski definition) is 4. The summed E-state index contributed by atoms with van der Waals surface area (Å²) in [4.78, 5) is 1.66. The molecule has 0 aromatic heterocycles. The molecule has 1 aromatic carbocycles. The van der Waals surface area contributed by atoms with Gasteiger partial charge in [-0.25, -0.2) is 0 Å². The van der Waals surface area contributed by atoms with Crippen LogP contribution in [0.15, 0.2) is 23.1 Å². The molecule has 1 atom stereocenters. The van der Waals surface area contributed by atoms with Gasteiger partial charge in [-0.1, -0.05) is 25.2 Å². The zero-order valence-electron chi connectivity index (χ0n) is 11.1. The van der Waals surface area contributed by atoms with Gasteiger partial charge in [0.1, 0.15) is 4.99 Å². The number of hydrogen-bond donors (Lipinski definition) is 2. The third-order valence-electron chi connectivity index (χ3n) is 3.12. The van der Waals surface area contributed by atoms with Crippen LogP contribution < -0.4 is 11.1 Å². The summed E-state index contributed by atoms with van der Waals surface area (Å²) in [5.41, 5.74) is 7.99. The van der Waals surface area contributed by atoms with Crippen molar-refractivity contribution in [3.8, 4) is 0 Å². The van der Waals surface area contributed by atoms with E-state index >= 15 is 0 Å². The van der Waals surface area contributed by atoms with Crippen LogP contribution in [0.4, 0.5) is 5.69 Å². The van der Waals surface area contributed by atoms with Crippen molar-refractivity contribution in [2.24, 2.45) is 5.73 Å². The van der Waals surface area contributed by atoms with E-state index in [0.717, 1.165) is 28.8 Å². The Kier molecular flexibility index (Phi) is 5.85. The number of anilines is 1. The molecule has 104 valence electrons. The average molecular weight is 313 g/mol. The lowest BCUT2D eigenvalue weighted by molar-refractivity contribution is 0.805. The lowest BCUT2D eigenvalue weighted by atomic mass is 10.1. The Balaban J connectivity index is 2.13. The predicted molar refractivity (Wildman–Crippen MR) is 92.7 cm³/mol. The second-order valence-electron chi connectivity index (χ2n) is 4.49. The van der Waals surface area contributed by atoms with Crippen LogP contribution >= 0.6 is 35.7 Å². The molecule has 1 unspecified atom stereocenters. The summed E-state index contributed by atoms with van der Waals surface area (Å²) in [6.07, 6.45) is 2.65. The maximum Gasteiger partial charge on any atom is 0.107 e. The zero-order chi connectivity index (χ0) is 13.7. The molecule has 0 saturated carbocycles. The fourth-order valence-electron chi connectivity index (χ4n) is 2.24. The molecule has 1 fully saturated rings. The lowest BCUT2D eigenvalue weighted by Crippen LogP contribution is -2.18. The number of rotatable bonds is 6. The van der Waals surface area contributed by atoms with E-state index in [2.05, 4.69) is 42.2 Å². The molecule has 0 aliphatic carbocycles. The van der Waals surface area contributed by atoms with Crippen LogP contribution in [0.25, 0.3) is 0 Å². The van der Waals surface area contributed by atoms with Gasteiger partial charge in [-0.2, -0.15) is 11.8 Å². The molecule has 19 heavy (non-hydrogen) atoms. The first-order valence-corrected chi connectivity index (χ1v) is 9.07. The summed E-state index contributed by atoms with van der Waals surface area (Å²) < 4.78 is 0. The molecule has 5 heteroatoms. The van der Waals surface area contributed by atoms with Crippen molar-refractivity contribution < 1.29 is 0 Å². The van der Waals surface area contributed by atoms with Crippen molar-refractivity contribution in [3.05, 3.63) is 23.8 Å². The van der Waals surface area contributed by atoms with Crippen LogP contribution in [0.5, 0.6) is 0 Å². The largest absolute Gasteiger partial charge is 0.389 e. The van der Waals surface area contributed by atoms with Crippen molar-refractivity contribution >= 4 is 46.4 Å². The van der Waals surface area contributed by atoms with Crippen molar-refractivity contribution in [1.82, 2.24) is 0 Å². The minimum absolute atomic E-state index is 0.484. The van der Waals surface area contributed by atoms with Gasteiger partial charge < -0.3 is 11.1 Å². The highest BCUT2D eigenvalue weighted by molar-refractivity contribution is 8.00. The molecule has 1 aromatic rings.